The molecule has 0 aliphatic carbocycles. The van der Waals surface area contributed by atoms with Gasteiger partial charge in [-0.1, -0.05) is 35.3 Å². The van der Waals surface area contributed by atoms with E-state index in [4.69, 9.17) is 0 Å². The number of nitriles is 1. The van der Waals surface area contributed by atoms with E-state index in [1.54, 1.807) is 30.3 Å². The molecule has 10 heteroatoms. The van der Waals surface area contributed by atoms with Crippen molar-refractivity contribution in [3.8, 4) is 6.07 Å². The fourth-order valence-corrected chi connectivity index (χ4v) is 3.19. The van der Waals surface area contributed by atoms with Crippen LogP contribution in [-0.2, 0) is 4.79 Å². The number of amides is 1. The number of carbonyl (C=O) groups is 1. The maximum atomic E-state index is 12.3. The van der Waals surface area contributed by atoms with Crippen molar-refractivity contribution in [2.75, 3.05) is 0 Å². The third kappa shape index (κ3) is 2.81. The lowest BCUT2D eigenvalue weighted by atomic mass is 9.74. The van der Waals surface area contributed by atoms with E-state index < -0.39 is 40.4 Å². The summed E-state index contributed by atoms with van der Waals surface area (Å²) in [6.45, 7) is 1.35. The van der Waals surface area contributed by atoms with Crippen LogP contribution < -0.4 is 5.32 Å². The van der Waals surface area contributed by atoms with Gasteiger partial charge in [0.05, 0.1) is 6.07 Å². The van der Waals surface area contributed by atoms with Gasteiger partial charge < -0.3 is 20.5 Å². The van der Waals surface area contributed by atoms with Crippen molar-refractivity contribution >= 4 is 11.9 Å². The largest absolute Gasteiger partial charge is 0.490 e. The van der Waals surface area contributed by atoms with Crippen molar-refractivity contribution in [1.82, 2.24) is 20.1 Å². The Morgan fingerprint density at radius 1 is 1.44 bits per heavy atom. The zero-order chi connectivity index (χ0) is 18.2. The number of hydrogen-bond acceptors (Lipinski definition) is 7. The van der Waals surface area contributed by atoms with Crippen molar-refractivity contribution in [3.05, 3.63) is 52.3 Å². The molecule has 0 spiro atoms. The number of aromatic nitrogens is 3. The lowest BCUT2D eigenvalue weighted by Gasteiger charge is -2.43. The Morgan fingerprint density at radius 3 is 2.68 bits per heavy atom. The van der Waals surface area contributed by atoms with Crippen LogP contribution in [0.15, 0.2) is 36.7 Å². The van der Waals surface area contributed by atoms with Crippen molar-refractivity contribution in [3.63, 3.8) is 0 Å². The summed E-state index contributed by atoms with van der Waals surface area (Å²) in [7, 11) is 0. The SMILES string of the molecule is C[C@]1(O)NC(=O)[C@H](C#N)[C@H](c2ccccc2)[C@@H]1n1cnc([N+](=O)[O-])n1. The van der Waals surface area contributed by atoms with Crippen molar-refractivity contribution < 1.29 is 14.8 Å². The molecule has 1 aromatic carbocycles. The van der Waals surface area contributed by atoms with Gasteiger partial charge in [-0.25, -0.2) is 0 Å². The number of nitrogens with zero attached hydrogens (tertiary/aromatic N) is 5. The Morgan fingerprint density at radius 2 is 2.12 bits per heavy atom. The molecule has 2 aromatic rings. The Kier molecular flexibility index (Phi) is 3.94. The molecule has 1 amide bonds. The fraction of sp³-hybridized carbons (Fsp3) is 0.333. The zero-order valence-corrected chi connectivity index (χ0v) is 13.1. The van der Waals surface area contributed by atoms with Gasteiger partial charge in [-0.3, -0.25) is 4.79 Å². The van der Waals surface area contributed by atoms with Gasteiger partial charge >= 0.3 is 5.95 Å². The molecular formula is C15H14N6O4. The highest BCUT2D eigenvalue weighted by Gasteiger charge is 2.53. The first-order valence-electron chi connectivity index (χ1n) is 7.39. The first-order chi connectivity index (χ1) is 11.8. The first kappa shape index (κ1) is 16.5. The highest BCUT2D eigenvalue weighted by molar-refractivity contribution is 5.84. The molecule has 1 aliphatic rings. The van der Waals surface area contributed by atoms with Crippen LogP contribution in [0.25, 0.3) is 0 Å². The van der Waals surface area contributed by atoms with E-state index in [1.165, 1.54) is 6.92 Å². The maximum Gasteiger partial charge on any atom is 0.490 e. The number of piperidine rings is 1. The quantitative estimate of drug-likeness (QED) is 0.609. The number of hydrogen-bond donors (Lipinski definition) is 2. The third-order valence-corrected chi connectivity index (χ3v) is 4.20. The normalized spacial score (nSPS) is 28.8. The molecule has 2 N–H and O–H groups in total. The molecule has 0 bridgehead atoms. The second-order valence-corrected chi connectivity index (χ2v) is 5.91. The number of benzene rings is 1. The molecule has 128 valence electrons. The average molecular weight is 342 g/mol. The van der Waals surface area contributed by atoms with Gasteiger partial charge in [-0.2, -0.15) is 9.94 Å². The summed E-state index contributed by atoms with van der Waals surface area (Å²) in [6, 6.07) is 9.70. The summed E-state index contributed by atoms with van der Waals surface area (Å²) in [4.78, 5) is 26.0. The Bertz CT molecular complexity index is 856. The third-order valence-electron chi connectivity index (χ3n) is 4.20. The monoisotopic (exact) mass is 342 g/mol. The molecule has 1 aromatic heterocycles. The summed E-state index contributed by atoms with van der Waals surface area (Å²) >= 11 is 0. The van der Waals surface area contributed by atoms with Gasteiger partial charge in [0.15, 0.2) is 5.72 Å². The summed E-state index contributed by atoms with van der Waals surface area (Å²) < 4.78 is 1.12. The van der Waals surface area contributed by atoms with Gasteiger partial charge in [-0.15, -0.1) is 0 Å². The number of nitrogens with one attached hydrogen (secondary N) is 1. The highest BCUT2D eigenvalue weighted by atomic mass is 16.6. The van der Waals surface area contributed by atoms with Crippen molar-refractivity contribution in [1.29, 1.82) is 5.26 Å². The topological polar surface area (TPSA) is 147 Å². The van der Waals surface area contributed by atoms with Crippen molar-refractivity contribution in [2.45, 2.75) is 24.6 Å². The Labute approximate surface area is 141 Å². The van der Waals surface area contributed by atoms with Gasteiger partial charge in [0.2, 0.25) is 12.2 Å². The van der Waals surface area contributed by atoms with E-state index in [9.17, 15) is 25.3 Å². The Balaban J connectivity index is 2.16. The minimum Gasteiger partial charge on any atom is -0.390 e. The van der Waals surface area contributed by atoms with Gasteiger partial charge in [0.1, 0.15) is 12.0 Å². The second-order valence-electron chi connectivity index (χ2n) is 5.91. The maximum absolute atomic E-state index is 12.3. The number of nitro groups is 1. The predicted molar refractivity (Wildman–Crippen MR) is 82.8 cm³/mol. The second kappa shape index (κ2) is 5.95. The molecule has 0 radical (unpaired) electrons. The van der Waals surface area contributed by atoms with Crippen molar-refractivity contribution in [2.24, 2.45) is 5.92 Å². The van der Waals surface area contributed by atoms with Crippen LogP contribution in [0.3, 0.4) is 0 Å². The van der Waals surface area contributed by atoms with Gasteiger partial charge in [0, 0.05) is 11.0 Å². The first-order valence-corrected chi connectivity index (χ1v) is 7.39. The number of carbonyl (C=O) groups excluding carboxylic acids is 1. The standard InChI is InChI=1S/C15H14N6O4/c1-15(23)12(20-8-17-14(19-20)21(24)25)11(9-5-3-2-4-6-9)10(7-16)13(22)18-15/h2-6,8,10-12,23H,1H3,(H,18,22)/t10-,11+,12+,15-/m1/s1. The van der Waals surface area contributed by atoms with E-state index in [1.807, 2.05) is 6.07 Å². The summed E-state index contributed by atoms with van der Waals surface area (Å²) in [5.74, 6) is -3.12. The lowest BCUT2D eigenvalue weighted by Crippen LogP contribution is -2.61. The predicted octanol–water partition coefficient (Wildman–Crippen LogP) is 0.489. The number of aliphatic hydroxyl groups is 1. The molecule has 0 saturated carbocycles. The molecule has 2 heterocycles. The van der Waals surface area contributed by atoms with E-state index in [0.29, 0.717) is 5.56 Å². The van der Waals surface area contributed by atoms with Crippen LogP contribution in [0.4, 0.5) is 5.95 Å². The fourth-order valence-electron chi connectivity index (χ4n) is 3.19. The van der Waals surface area contributed by atoms with Gasteiger partial charge in [-0.05, 0) is 17.4 Å². The molecule has 0 unspecified atom stereocenters. The summed E-state index contributed by atoms with van der Waals surface area (Å²) in [5.41, 5.74) is -1.15. The molecule has 3 rings (SSSR count). The minimum atomic E-state index is -1.79. The molecule has 1 aliphatic heterocycles. The number of rotatable bonds is 3. The smallest absolute Gasteiger partial charge is 0.390 e. The van der Waals surface area contributed by atoms with Crippen LogP contribution in [0.2, 0.25) is 0 Å². The molecule has 1 fully saturated rings. The average Bonchev–Trinajstić information content (AvgIpc) is 3.04. The van der Waals surface area contributed by atoms with Gasteiger partial charge in [0.25, 0.3) is 0 Å². The van der Waals surface area contributed by atoms with E-state index in [0.717, 1.165) is 11.0 Å². The van der Waals surface area contributed by atoms with Crippen LogP contribution in [0.1, 0.15) is 24.4 Å². The molecule has 25 heavy (non-hydrogen) atoms. The van der Waals surface area contributed by atoms with Crippen LogP contribution in [0.5, 0.6) is 0 Å². The van der Waals surface area contributed by atoms with Crippen LogP contribution in [-0.4, -0.2) is 36.4 Å². The molecule has 10 nitrogen and oxygen atoms in total. The van der Waals surface area contributed by atoms with E-state index >= 15 is 0 Å². The summed E-state index contributed by atoms with van der Waals surface area (Å²) in [6.07, 6.45) is 1.11. The van der Waals surface area contributed by atoms with E-state index in [2.05, 4.69) is 15.4 Å². The summed E-state index contributed by atoms with van der Waals surface area (Å²) in [5, 5.41) is 37.3. The highest BCUT2D eigenvalue weighted by Crippen LogP contribution is 2.44. The molecule has 1 saturated heterocycles. The van der Waals surface area contributed by atoms with Crippen LogP contribution in [0, 0.1) is 27.4 Å². The van der Waals surface area contributed by atoms with E-state index in [-0.39, 0.29) is 0 Å². The van der Waals surface area contributed by atoms with Crippen LogP contribution >= 0.6 is 0 Å². The zero-order valence-electron chi connectivity index (χ0n) is 13.1. The lowest BCUT2D eigenvalue weighted by molar-refractivity contribution is -0.394. The Hall–Kier alpha value is -3.32. The minimum absolute atomic E-state index is 0.618. The molecule has 4 atom stereocenters. The molecular weight excluding hydrogens is 328 g/mol.